The minimum absolute atomic E-state index is 0.00620. The second-order valence-electron chi connectivity index (χ2n) is 5.45. The van der Waals surface area contributed by atoms with Gasteiger partial charge in [-0.3, -0.25) is 9.69 Å². The van der Waals surface area contributed by atoms with Crippen LogP contribution in [0.4, 0.5) is 5.69 Å². The van der Waals surface area contributed by atoms with Crippen LogP contribution >= 0.6 is 0 Å². The van der Waals surface area contributed by atoms with Crippen molar-refractivity contribution in [2.24, 2.45) is 0 Å². The highest BCUT2D eigenvalue weighted by Gasteiger charge is 2.57. The lowest BCUT2D eigenvalue weighted by Crippen LogP contribution is -2.40. The Kier molecular flexibility index (Phi) is 1.96. The second kappa shape index (κ2) is 3.49. The quantitative estimate of drug-likeness (QED) is 0.730. The van der Waals surface area contributed by atoms with Crippen LogP contribution in [0.1, 0.15) is 34.3 Å². The molecule has 3 heteroatoms. The maximum Gasteiger partial charge on any atom is 0.259 e. The molecule has 0 aliphatic carbocycles. The van der Waals surface area contributed by atoms with Gasteiger partial charge < -0.3 is 0 Å². The van der Waals surface area contributed by atoms with Gasteiger partial charge in [0.25, 0.3) is 5.91 Å². The molecule has 96 valence electrons. The molecular weight excluding hydrogens is 248 g/mol. The fraction of sp³-hybridized carbons (Fsp3) is 0.176. The van der Waals surface area contributed by atoms with E-state index in [2.05, 4.69) is 6.07 Å². The molecule has 4 rings (SSSR count). The molecule has 0 bridgehead atoms. The van der Waals surface area contributed by atoms with Crippen LogP contribution in [0.2, 0.25) is 0 Å². The van der Waals surface area contributed by atoms with Crippen molar-refractivity contribution in [2.45, 2.75) is 18.4 Å². The van der Waals surface area contributed by atoms with E-state index in [1.54, 1.807) is 4.90 Å². The maximum absolute atomic E-state index is 12.7. The number of nitrogens with zero attached hydrogens (tertiary/aromatic N) is 2. The molecule has 0 radical (unpaired) electrons. The molecule has 2 atom stereocenters. The maximum atomic E-state index is 12.7. The highest BCUT2D eigenvalue weighted by Crippen LogP contribution is 2.57. The van der Waals surface area contributed by atoms with Crippen molar-refractivity contribution in [3.63, 3.8) is 0 Å². The van der Waals surface area contributed by atoms with Crippen molar-refractivity contribution in [1.29, 1.82) is 5.26 Å². The van der Waals surface area contributed by atoms with Crippen LogP contribution in [-0.2, 0) is 5.54 Å². The molecule has 20 heavy (non-hydrogen) atoms. The fourth-order valence-electron chi connectivity index (χ4n) is 3.64. The number of hydrogen-bond donors (Lipinski definition) is 0. The van der Waals surface area contributed by atoms with Gasteiger partial charge >= 0.3 is 0 Å². The van der Waals surface area contributed by atoms with Crippen LogP contribution in [0.15, 0.2) is 48.5 Å². The minimum Gasteiger partial charge on any atom is -0.296 e. The summed E-state index contributed by atoms with van der Waals surface area (Å²) >= 11 is 0. The van der Waals surface area contributed by atoms with Gasteiger partial charge in [-0.05, 0) is 30.2 Å². The van der Waals surface area contributed by atoms with Gasteiger partial charge in [-0.25, -0.2) is 0 Å². The molecule has 2 aliphatic heterocycles. The Labute approximate surface area is 117 Å². The summed E-state index contributed by atoms with van der Waals surface area (Å²) < 4.78 is 0. The molecule has 0 saturated heterocycles. The molecule has 2 aliphatic rings. The average Bonchev–Trinajstić information content (AvgIpc) is 2.87. The van der Waals surface area contributed by atoms with Crippen molar-refractivity contribution in [1.82, 2.24) is 0 Å². The molecule has 1 amide bonds. The first-order valence-corrected chi connectivity index (χ1v) is 6.62. The average molecular weight is 260 g/mol. The van der Waals surface area contributed by atoms with E-state index in [0.717, 1.165) is 16.8 Å². The van der Waals surface area contributed by atoms with Crippen LogP contribution in [0.5, 0.6) is 0 Å². The molecule has 0 unspecified atom stereocenters. The van der Waals surface area contributed by atoms with Crippen molar-refractivity contribution in [3.8, 4) is 6.07 Å². The molecular formula is C17H12N2O. The third kappa shape index (κ3) is 1.04. The Bertz CT molecular complexity index is 790. The van der Waals surface area contributed by atoms with E-state index >= 15 is 0 Å². The van der Waals surface area contributed by atoms with Crippen LogP contribution in [0.3, 0.4) is 0 Å². The summed E-state index contributed by atoms with van der Waals surface area (Å²) in [6.07, 6.45) is 0. The second-order valence-corrected chi connectivity index (χ2v) is 5.45. The zero-order valence-electron chi connectivity index (χ0n) is 11.0. The monoisotopic (exact) mass is 260 g/mol. The number of fused-ring (bicyclic) bond motifs is 5. The lowest BCUT2D eigenvalue weighted by atomic mass is 9.80. The van der Waals surface area contributed by atoms with E-state index in [1.165, 1.54) is 0 Å². The summed E-state index contributed by atoms with van der Waals surface area (Å²) in [5.74, 6) is -0.334. The van der Waals surface area contributed by atoms with Crippen LogP contribution < -0.4 is 4.90 Å². The van der Waals surface area contributed by atoms with Crippen molar-refractivity contribution in [2.75, 3.05) is 4.90 Å². The molecule has 2 aromatic rings. The Morgan fingerprint density at radius 1 is 1.15 bits per heavy atom. The van der Waals surface area contributed by atoms with E-state index in [-0.39, 0.29) is 11.8 Å². The van der Waals surface area contributed by atoms with Crippen molar-refractivity contribution < 1.29 is 4.79 Å². The predicted molar refractivity (Wildman–Crippen MR) is 75.4 cm³/mol. The lowest BCUT2D eigenvalue weighted by molar-refractivity contribution is 0.0982. The summed E-state index contributed by atoms with van der Waals surface area (Å²) in [6, 6.07) is 17.7. The third-order valence-electron chi connectivity index (χ3n) is 4.55. The van der Waals surface area contributed by atoms with E-state index in [9.17, 15) is 10.1 Å². The lowest BCUT2D eigenvalue weighted by Gasteiger charge is -2.31. The summed E-state index contributed by atoms with van der Waals surface area (Å²) in [5.41, 5.74) is 2.88. The van der Waals surface area contributed by atoms with Gasteiger partial charge in [0.05, 0.1) is 11.6 Å². The van der Waals surface area contributed by atoms with Gasteiger partial charge in [0.15, 0.2) is 0 Å². The molecule has 3 nitrogen and oxygen atoms in total. The Morgan fingerprint density at radius 2 is 1.85 bits per heavy atom. The summed E-state index contributed by atoms with van der Waals surface area (Å²) in [6.45, 7) is 1.99. The molecule has 0 saturated carbocycles. The number of carbonyl (C=O) groups is 1. The Morgan fingerprint density at radius 3 is 2.65 bits per heavy atom. The van der Waals surface area contributed by atoms with E-state index in [1.807, 2.05) is 55.5 Å². The smallest absolute Gasteiger partial charge is 0.259 e. The largest absolute Gasteiger partial charge is 0.296 e. The highest BCUT2D eigenvalue weighted by molar-refractivity contribution is 6.14. The van der Waals surface area contributed by atoms with Gasteiger partial charge in [0.2, 0.25) is 0 Å². The van der Waals surface area contributed by atoms with E-state index in [0.29, 0.717) is 5.56 Å². The normalized spacial score (nSPS) is 25.9. The molecule has 2 aromatic carbocycles. The number of rotatable bonds is 0. The molecule has 0 fully saturated rings. The number of benzene rings is 2. The Balaban J connectivity index is 2.08. The highest BCUT2D eigenvalue weighted by atomic mass is 16.2. The first-order chi connectivity index (χ1) is 9.69. The summed E-state index contributed by atoms with van der Waals surface area (Å²) in [4.78, 5) is 14.5. The minimum atomic E-state index is -0.591. The number of anilines is 1. The number of hydrogen-bond acceptors (Lipinski definition) is 2. The molecule has 0 aromatic heterocycles. The number of nitriles is 1. The summed E-state index contributed by atoms with van der Waals surface area (Å²) in [5, 5.41) is 9.65. The van der Waals surface area contributed by atoms with Crippen LogP contribution in [-0.4, -0.2) is 5.91 Å². The van der Waals surface area contributed by atoms with E-state index in [4.69, 9.17) is 0 Å². The van der Waals surface area contributed by atoms with Crippen molar-refractivity contribution in [3.05, 3.63) is 65.2 Å². The third-order valence-corrected chi connectivity index (χ3v) is 4.55. The first kappa shape index (κ1) is 11.2. The van der Waals surface area contributed by atoms with Gasteiger partial charge in [0.1, 0.15) is 5.92 Å². The van der Waals surface area contributed by atoms with Gasteiger partial charge in [-0.2, -0.15) is 5.26 Å². The zero-order chi connectivity index (χ0) is 13.9. The predicted octanol–water partition coefficient (Wildman–Crippen LogP) is 3.18. The number of carbonyl (C=O) groups excluding carboxylic acids is 1. The molecule has 0 spiro atoms. The number of amides is 1. The first-order valence-electron chi connectivity index (χ1n) is 6.62. The Hall–Kier alpha value is -2.60. The van der Waals surface area contributed by atoms with Crippen LogP contribution in [0.25, 0.3) is 0 Å². The standard InChI is InChI=1S/C17H12N2O/c1-17-13-8-4-2-7-12(13)16(20)19(17)15-9-5-3-6-11(15)14(17)10-18/h2-9,14H,1H3/t14-,17-/m1/s1. The van der Waals surface area contributed by atoms with Crippen molar-refractivity contribution >= 4 is 11.6 Å². The molecule has 2 heterocycles. The summed E-state index contributed by atoms with van der Waals surface area (Å²) in [7, 11) is 0. The van der Waals surface area contributed by atoms with Gasteiger partial charge in [0, 0.05) is 11.3 Å². The zero-order valence-corrected chi connectivity index (χ0v) is 11.0. The van der Waals surface area contributed by atoms with Gasteiger partial charge in [-0.1, -0.05) is 36.4 Å². The molecule has 0 N–H and O–H groups in total. The number of para-hydroxylation sites is 1. The SMILES string of the molecule is C[C@]12c3ccccc3C(=O)N1c1ccccc1[C@H]2C#N. The topological polar surface area (TPSA) is 44.1 Å². The van der Waals surface area contributed by atoms with Crippen LogP contribution in [0, 0.1) is 11.3 Å². The fourth-order valence-corrected chi connectivity index (χ4v) is 3.64. The van der Waals surface area contributed by atoms with Gasteiger partial charge in [-0.15, -0.1) is 0 Å². The van der Waals surface area contributed by atoms with E-state index < -0.39 is 5.54 Å².